The van der Waals surface area contributed by atoms with Crippen LogP contribution in [-0.2, 0) is 22.5 Å². The standard InChI is InChI=1S/C28H31N3O5/c1-34-24-12-8-22(9-13-24)19-29-31-27(33)28(18-21-6-3-2-4-7-21)20-36-26(30-28)23-10-14-25(15-11-23)35-17-5-16-32/h2-4,6-15,29,32H,5,16-20H2,1H3,(H,31,33)/t28-/m0/s1. The summed E-state index contributed by atoms with van der Waals surface area (Å²) in [7, 11) is 1.62. The summed E-state index contributed by atoms with van der Waals surface area (Å²) in [5, 5.41) is 8.91. The van der Waals surface area contributed by atoms with Crippen molar-refractivity contribution in [3.05, 3.63) is 95.6 Å². The van der Waals surface area contributed by atoms with Gasteiger partial charge in [-0.2, -0.15) is 0 Å². The van der Waals surface area contributed by atoms with Crippen LogP contribution in [0.2, 0.25) is 0 Å². The van der Waals surface area contributed by atoms with Crippen molar-refractivity contribution in [2.75, 3.05) is 26.9 Å². The fraction of sp³-hybridized carbons (Fsp3) is 0.286. The Morgan fingerprint density at radius 3 is 2.42 bits per heavy atom. The highest BCUT2D eigenvalue weighted by molar-refractivity contribution is 6.00. The molecule has 8 heteroatoms. The summed E-state index contributed by atoms with van der Waals surface area (Å²) in [5.41, 5.74) is 7.48. The van der Waals surface area contributed by atoms with Crippen LogP contribution >= 0.6 is 0 Å². The molecule has 0 radical (unpaired) electrons. The molecule has 188 valence electrons. The lowest BCUT2D eigenvalue weighted by atomic mass is 9.91. The molecular weight excluding hydrogens is 458 g/mol. The fourth-order valence-corrected chi connectivity index (χ4v) is 3.85. The number of methoxy groups -OCH3 is 1. The number of aliphatic hydroxyl groups excluding tert-OH is 1. The quantitative estimate of drug-likeness (QED) is 0.267. The molecular formula is C28H31N3O5. The number of ether oxygens (including phenoxy) is 3. The van der Waals surface area contributed by atoms with E-state index < -0.39 is 5.54 Å². The maximum Gasteiger partial charge on any atom is 0.266 e. The van der Waals surface area contributed by atoms with Gasteiger partial charge in [-0.05, 0) is 47.5 Å². The van der Waals surface area contributed by atoms with Gasteiger partial charge in [0, 0.05) is 31.6 Å². The summed E-state index contributed by atoms with van der Waals surface area (Å²) >= 11 is 0. The Morgan fingerprint density at radius 1 is 1.00 bits per heavy atom. The highest BCUT2D eigenvalue weighted by Gasteiger charge is 2.44. The van der Waals surface area contributed by atoms with E-state index in [1.54, 1.807) is 7.11 Å². The fourth-order valence-electron chi connectivity index (χ4n) is 3.85. The zero-order chi connectivity index (χ0) is 25.2. The molecule has 1 atom stereocenters. The Bertz CT molecular complexity index is 1150. The average Bonchev–Trinajstić information content (AvgIpc) is 3.35. The Kier molecular flexibility index (Phi) is 8.54. The highest BCUT2D eigenvalue weighted by atomic mass is 16.5. The summed E-state index contributed by atoms with van der Waals surface area (Å²) in [6, 6.07) is 24.8. The molecule has 0 unspecified atom stereocenters. The van der Waals surface area contributed by atoms with E-state index in [2.05, 4.69) is 10.9 Å². The van der Waals surface area contributed by atoms with Gasteiger partial charge in [0.15, 0.2) is 5.54 Å². The lowest BCUT2D eigenvalue weighted by Crippen LogP contribution is -2.52. The number of nitrogens with one attached hydrogen (secondary N) is 2. The van der Waals surface area contributed by atoms with Gasteiger partial charge in [0.05, 0.1) is 13.7 Å². The van der Waals surface area contributed by atoms with E-state index >= 15 is 0 Å². The molecule has 0 spiro atoms. The number of aliphatic hydroxyl groups is 1. The number of carbonyl (C=O) groups is 1. The molecule has 0 saturated heterocycles. The molecule has 0 aliphatic carbocycles. The topological polar surface area (TPSA) is 101 Å². The number of amides is 1. The number of hydrogen-bond donors (Lipinski definition) is 3. The molecule has 36 heavy (non-hydrogen) atoms. The van der Waals surface area contributed by atoms with Gasteiger partial charge >= 0.3 is 0 Å². The zero-order valence-electron chi connectivity index (χ0n) is 20.3. The Morgan fingerprint density at radius 2 is 1.72 bits per heavy atom. The van der Waals surface area contributed by atoms with Gasteiger partial charge in [-0.3, -0.25) is 10.2 Å². The van der Waals surface area contributed by atoms with E-state index in [0.717, 1.165) is 22.4 Å². The van der Waals surface area contributed by atoms with Crippen LogP contribution in [0.1, 0.15) is 23.1 Å². The van der Waals surface area contributed by atoms with Crippen molar-refractivity contribution in [2.45, 2.75) is 24.9 Å². The number of hydrazine groups is 1. The summed E-state index contributed by atoms with van der Waals surface area (Å²) in [6.45, 7) is 1.11. The van der Waals surface area contributed by atoms with Crippen molar-refractivity contribution in [2.24, 2.45) is 4.99 Å². The van der Waals surface area contributed by atoms with Crippen LogP contribution < -0.4 is 20.3 Å². The third kappa shape index (κ3) is 6.41. The largest absolute Gasteiger partial charge is 0.497 e. The first-order valence-corrected chi connectivity index (χ1v) is 11.9. The smallest absolute Gasteiger partial charge is 0.266 e. The van der Waals surface area contributed by atoms with Crippen LogP contribution in [0.25, 0.3) is 0 Å². The Hall–Kier alpha value is -3.88. The van der Waals surface area contributed by atoms with Crippen LogP contribution in [0.5, 0.6) is 11.5 Å². The minimum absolute atomic E-state index is 0.0866. The van der Waals surface area contributed by atoms with Crippen molar-refractivity contribution < 1.29 is 24.1 Å². The molecule has 0 bridgehead atoms. The first kappa shape index (κ1) is 25.2. The van der Waals surface area contributed by atoms with E-state index in [-0.39, 0.29) is 19.1 Å². The zero-order valence-corrected chi connectivity index (χ0v) is 20.3. The highest BCUT2D eigenvalue weighted by Crippen LogP contribution is 2.27. The molecule has 8 nitrogen and oxygen atoms in total. The molecule has 4 rings (SSSR count). The minimum Gasteiger partial charge on any atom is -0.497 e. The van der Waals surface area contributed by atoms with Crippen LogP contribution in [0.3, 0.4) is 0 Å². The summed E-state index contributed by atoms with van der Waals surface area (Å²) in [4.78, 5) is 18.2. The van der Waals surface area contributed by atoms with Crippen LogP contribution in [0.4, 0.5) is 0 Å². The van der Waals surface area contributed by atoms with Crippen molar-refractivity contribution in [3.63, 3.8) is 0 Å². The number of nitrogens with zero attached hydrogens (tertiary/aromatic N) is 1. The van der Waals surface area contributed by atoms with Gasteiger partial charge in [0.25, 0.3) is 5.91 Å². The van der Waals surface area contributed by atoms with Gasteiger partial charge in [-0.1, -0.05) is 42.5 Å². The van der Waals surface area contributed by atoms with Crippen molar-refractivity contribution in [1.29, 1.82) is 0 Å². The Balaban J connectivity index is 1.47. The molecule has 0 fully saturated rings. The number of rotatable bonds is 12. The molecule has 1 amide bonds. The predicted molar refractivity (Wildman–Crippen MR) is 137 cm³/mol. The summed E-state index contributed by atoms with van der Waals surface area (Å²) in [5.74, 6) is 1.62. The molecule has 3 aromatic carbocycles. The van der Waals surface area contributed by atoms with Crippen molar-refractivity contribution in [3.8, 4) is 11.5 Å². The van der Waals surface area contributed by atoms with E-state index in [9.17, 15) is 4.79 Å². The molecule has 3 N–H and O–H groups in total. The van der Waals surface area contributed by atoms with Gasteiger partial charge in [-0.15, -0.1) is 0 Å². The van der Waals surface area contributed by atoms with Gasteiger partial charge in [-0.25, -0.2) is 10.4 Å². The number of benzene rings is 3. The summed E-state index contributed by atoms with van der Waals surface area (Å²) in [6.07, 6.45) is 0.969. The third-order valence-corrected chi connectivity index (χ3v) is 5.85. The van der Waals surface area contributed by atoms with E-state index in [1.807, 2.05) is 78.9 Å². The molecule has 3 aromatic rings. The first-order chi connectivity index (χ1) is 17.6. The lowest BCUT2D eigenvalue weighted by Gasteiger charge is -2.23. The number of hydrogen-bond acceptors (Lipinski definition) is 7. The van der Waals surface area contributed by atoms with Gasteiger partial charge in [0.1, 0.15) is 18.1 Å². The monoisotopic (exact) mass is 489 g/mol. The van der Waals surface area contributed by atoms with E-state index in [0.29, 0.717) is 37.6 Å². The van der Waals surface area contributed by atoms with Crippen LogP contribution in [0, 0.1) is 0 Å². The molecule has 1 aliphatic rings. The summed E-state index contributed by atoms with van der Waals surface area (Å²) < 4.78 is 16.7. The van der Waals surface area contributed by atoms with Crippen LogP contribution in [0.15, 0.2) is 83.9 Å². The molecule has 1 aliphatic heterocycles. The van der Waals surface area contributed by atoms with Crippen LogP contribution in [-0.4, -0.2) is 49.4 Å². The second kappa shape index (κ2) is 12.2. The maximum atomic E-state index is 13.4. The number of aliphatic imine (C=N–C) groups is 1. The predicted octanol–water partition coefficient (Wildman–Crippen LogP) is 3.04. The average molecular weight is 490 g/mol. The first-order valence-electron chi connectivity index (χ1n) is 11.9. The minimum atomic E-state index is -1.11. The second-order valence-corrected chi connectivity index (χ2v) is 8.51. The Labute approximate surface area is 210 Å². The molecule has 1 heterocycles. The molecule has 0 saturated carbocycles. The van der Waals surface area contributed by atoms with Gasteiger partial charge in [0.2, 0.25) is 5.90 Å². The maximum absolute atomic E-state index is 13.4. The molecule has 0 aromatic heterocycles. The number of carbonyl (C=O) groups excluding carboxylic acids is 1. The van der Waals surface area contributed by atoms with E-state index in [1.165, 1.54) is 0 Å². The van der Waals surface area contributed by atoms with Crippen molar-refractivity contribution >= 4 is 11.8 Å². The lowest BCUT2D eigenvalue weighted by molar-refractivity contribution is -0.127. The SMILES string of the molecule is COc1ccc(CNNC(=O)[C@]2(Cc3ccccc3)COC(c3ccc(OCCCO)cc3)=N2)cc1. The van der Waals surface area contributed by atoms with E-state index in [4.69, 9.17) is 24.3 Å². The second-order valence-electron chi connectivity index (χ2n) is 8.51. The van der Waals surface area contributed by atoms with Gasteiger partial charge < -0.3 is 19.3 Å². The van der Waals surface area contributed by atoms with Crippen molar-refractivity contribution in [1.82, 2.24) is 10.9 Å². The third-order valence-electron chi connectivity index (χ3n) is 5.85. The normalized spacial score (nSPS) is 16.7.